The first-order valence-electron chi connectivity index (χ1n) is 6.31. The lowest BCUT2D eigenvalue weighted by Gasteiger charge is -2.33. The topological polar surface area (TPSA) is 40.5 Å². The fraction of sp³-hybridized carbons (Fsp3) is 0.500. The Kier molecular flexibility index (Phi) is 3.84. The molecule has 1 fully saturated rings. The van der Waals surface area contributed by atoms with Crippen LogP contribution < -0.4 is 4.90 Å². The highest BCUT2D eigenvalue weighted by molar-refractivity contribution is 5.73. The largest absolute Gasteiger partial charge is 0.481 e. The van der Waals surface area contributed by atoms with Crippen LogP contribution in [0, 0.1) is 11.7 Å². The van der Waals surface area contributed by atoms with Gasteiger partial charge >= 0.3 is 5.97 Å². The Hall–Kier alpha value is -1.58. The summed E-state index contributed by atoms with van der Waals surface area (Å²) in [5, 5.41) is 8.88. The second-order valence-corrected chi connectivity index (χ2v) is 5.01. The minimum absolute atomic E-state index is 0.126. The molecule has 18 heavy (non-hydrogen) atoms. The van der Waals surface area contributed by atoms with Gasteiger partial charge in [-0.15, -0.1) is 0 Å². The normalized spacial score (nSPS) is 16.9. The van der Waals surface area contributed by atoms with E-state index in [-0.39, 0.29) is 12.2 Å². The number of carboxylic acids is 1. The number of carbonyl (C=O) groups is 1. The predicted molar refractivity (Wildman–Crippen MR) is 68.4 cm³/mol. The number of rotatable bonds is 3. The van der Waals surface area contributed by atoms with E-state index in [1.807, 2.05) is 0 Å². The molecule has 0 saturated carbocycles. The van der Waals surface area contributed by atoms with Crippen LogP contribution in [0.3, 0.4) is 0 Å². The molecule has 1 saturated heterocycles. The lowest BCUT2D eigenvalue weighted by atomic mass is 9.97. The van der Waals surface area contributed by atoms with E-state index in [4.69, 9.17) is 5.11 Å². The van der Waals surface area contributed by atoms with Gasteiger partial charge in [0.05, 0.1) is 6.42 Å². The minimum atomic E-state index is -0.924. The zero-order valence-corrected chi connectivity index (χ0v) is 10.5. The van der Waals surface area contributed by atoms with Crippen LogP contribution in [-0.2, 0) is 11.2 Å². The van der Waals surface area contributed by atoms with Crippen LogP contribution in [0.2, 0.25) is 0 Å². The van der Waals surface area contributed by atoms with Crippen LogP contribution in [0.5, 0.6) is 0 Å². The van der Waals surface area contributed by atoms with E-state index in [2.05, 4.69) is 11.8 Å². The molecule has 1 N–H and O–H groups in total. The van der Waals surface area contributed by atoms with Crippen molar-refractivity contribution in [1.29, 1.82) is 0 Å². The Morgan fingerprint density at radius 3 is 2.72 bits per heavy atom. The quantitative estimate of drug-likeness (QED) is 0.898. The van der Waals surface area contributed by atoms with E-state index < -0.39 is 5.97 Å². The van der Waals surface area contributed by atoms with E-state index in [1.165, 1.54) is 12.1 Å². The van der Waals surface area contributed by atoms with Gasteiger partial charge in [-0.1, -0.05) is 6.92 Å². The fourth-order valence-electron chi connectivity index (χ4n) is 2.42. The summed E-state index contributed by atoms with van der Waals surface area (Å²) in [6.45, 7) is 4.05. The number of aliphatic carboxylic acids is 1. The first-order valence-corrected chi connectivity index (χ1v) is 6.31. The molecule has 98 valence electrons. The van der Waals surface area contributed by atoms with Gasteiger partial charge in [0.25, 0.3) is 0 Å². The molecule has 0 bridgehead atoms. The molecule has 4 heteroatoms. The first kappa shape index (κ1) is 12.9. The fourth-order valence-corrected chi connectivity index (χ4v) is 2.42. The smallest absolute Gasteiger partial charge is 0.307 e. The monoisotopic (exact) mass is 251 g/mol. The predicted octanol–water partition coefficient (Wildman–Crippen LogP) is 2.69. The molecule has 1 heterocycles. The van der Waals surface area contributed by atoms with Gasteiger partial charge in [0, 0.05) is 18.8 Å². The van der Waals surface area contributed by atoms with Crippen molar-refractivity contribution in [1.82, 2.24) is 0 Å². The lowest BCUT2D eigenvalue weighted by molar-refractivity contribution is -0.136. The van der Waals surface area contributed by atoms with Gasteiger partial charge in [0.1, 0.15) is 5.82 Å². The zero-order valence-electron chi connectivity index (χ0n) is 10.5. The molecule has 0 spiro atoms. The maximum Gasteiger partial charge on any atom is 0.307 e. The summed E-state index contributed by atoms with van der Waals surface area (Å²) in [5.74, 6) is -0.586. The van der Waals surface area contributed by atoms with Crippen molar-refractivity contribution in [2.45, 2.75) is 26.2 Å². The molecule has 0 amide bonds. The molecule has 3 nitrogen and oxygen atoms in total. The minimum Gasteiger partial charge on any atom is -0.481 e. The highest BCUT2D eigenvalue weighted by Gasteiger charge is 2.19. The number of hydrogen-bond donors (Lipinski definition) is 1. The molecule has 0 radical (unpaired) electrons. The molecule has 1 aliphatic rings. The SMILES string of the molecule is CC1CCN(c2ccc(F)cc2CC(=O)O)CC1. The molecular formula is C14H18FNO2. The standard InChI is InChI=1S/C14H18FNO2/c1-10-4-6-16(7-5-10)13-3-2-12(15)8-11(13)9-14(17)18/h2-3,8,10H,4-7,9H2,1H3,(H,17,18). The van der Waals surface area contributed by atoms with Crippen LogP contribution in [-0.4, -0.2) is 24.2 Å². The van der Waals surface area contributed by atoms with E-state index >= 15 is 0 Å². The second kappa shape index (κ2) is 5.38. The summed E-state index contributed by atoms with van der Waals surface area (Å²) < 4.78 is 13.2. The molecule has 2 rings (SSSR count). The number of hydrogen-bond acceptors (Lipinski definition) is 2. The second-order valence-electron chi connectivity index (χ2n) is 5.01. The Morgan fingerprint density at radius 1 is 1.44 bits per heavy atom. The van der Waals surface area contributed by atoms with Crippen LogP contribution in [0.15, 0.2) is 18.2 Å². The molecule has 1 aliphatic heterocycles. The lowest BCUT2D eigenvalue weighted by Crippen LogP contribution is -2.33. The van der Waals surface area contributed by atoms with Crippen LogP contribution in [0.1, 0.15) is 25.3 Å². The number of piperidine rings is 1. The molecule has 1 aromatic carbocycles. The van der Waals surface area contributed by atoms with Crippen LogP contribution in [0.25, 0.3) is 0 Å². The molecule has 0 aliphatic carbocycles. The Balaban J connectivity index is 2.23. The molecule has 0 aromatic heterocycles. The summed E-state index contributed by atoms with van der Waals surface area (Å²) in [4.78, 5) is 13.0. The van der Waals surface area contributed by atoms with Gasteiger partial charge in [-0.3, -0.25) is 4.79 Å². The van der Waals surface area contributed by atoms with Crippen molar-refractivity contribution in [3.05, 3.63) is 29.6 Å². The Labute approximate surface area is 106 Å². The van der Waals surface area contributed by atoms with Gasteiger partial charge in [-0.25, -0.2) is 4.39 Å². The van der Waals surface area contributed by atoms with Gasteiger partial charge in [-0.05, 0) is 42.5 Å². The highest BCUT2D eigenvalue weighted by atomic mass is 19.1. The van der Waals surface area contributed by atoms with Crippen molar-refractivity contribution in [2.24, 2.45) is 5.92 Å². The molecule has 1 aromatic rings. The molecule has 0 atom stereocenters. The molecule has 0 unspecified atom stereocenters. The third-order valence-corrected chi connectivity index (χ3v) is 3.51. The summed E-state index contributed by atoms with van der Waals surface area (Å²) in [5.41, 5.74) is 1.43. The van der Waals surface area contributed by atoms with E-state index in [9.17, 15) is 9.18 Å². The summed E-state index contributed by atoms with van der Waals surface area (Å²) in [7, 11) is 0. The Bertz CT molecular complexity index is 439. The Morgan fingerprint density at radius 2 is 2.11 bits per heavy atom. The van der Waals surface area contributed by atoms with Crippen LogP contribution in [0.4, 0.5) is 10.1 Å². The summed E-state index contributed by atoms with van der Waals surface area (Å²) in [6, 6.07) is 4.43. The van der Waals surface area contributed by atoms with E-state index in [0.717, 1.165) is 31.6 Å². The maximum absolute atomic E-state index is 13.2. The molecular weight excluding hydrogens is 233 g/mol. The van der Waals surface area contributed by atoms with Crippen LogP contribution >= 0.6 is 0 Å². The van der Waals surface area contributed by atoms with Crippen molar-refractivity contribution >= 4 is 11.7 Å². The third-order valence-electron chi connectivity index (χ3n) is 3.51. The number of halogens is 1. The average molecular weight is 251 g/mol. The van der Waals surface area contributed by atoms with Crippen molar-refractivity contribution in [2.75, 3.05) is 18.0 Å². The number of nitrogens with zero attached hydrogens (tertiary/aromatic N) is 1. The van der Waals surface area contributed by atoms with Gasteiger partial charge in [0.2, 0.25) is 0 Å². The van der Waals surface area contributed by atoms with Gasteiger partial charge < -0.3 is 10.0 Å². The highest BCUT2D eigenvalue weighted by Crippen LogP contribution is 2.27. The van der Waals surface area contributed by atoms with E-state index in [0.29, 0.717) is 11.5 Å². The summed E-state index contributed by atoms with van der Waals surface area (Å²) in [6.07, 6.45) is 2.08. The van der Waals surface area contributed by atoms with Crippen molar-refractivity contribution in [3.8, 4) is 0 Å². The first-order chi connectivity index (χ1) is 8.56. The average Bonchev–Trinajstić information content (AvgIpc) is 2.30. The summed E-state index contributed by atoms with van der Waals surface area (Å²) >= 11 is 0. The number of benzene rings is 1. The number of anilines is 1. The van der Waals surface area contributed by atoms with Gasteiger partial charge in [-0.2, -0.15) is 0 Å². The van der Waals surface area contributed by atoms with Gasteiger partial charge in [0.15, 0.2) is 0 Å². The maximum atomic E-state index is 13.2. The van der Waals surface area contributed by atoms with Crippen molar-refractivity contribution < 1.29 is 14.3 Å². The third kappa shape index (κ3) is 3.00. The van der Waals surface area contributed by atoms with Crippen molar-refractivity contribution in [3.63, 3.8) is 0 Å². The number of carboxylic acid groups (broad SMARTS) is 1. The van der Waals surface area contributed by atoms with E-state index in [1.54, 1.807) is 6.07 Å². The zero-order chi connectivity index (χ0) is 13.1.